The molecule has 14 heavy (non-hydrogen) atoms. The van der Waals surface area contributed by atoms with Crippen LogP contribution in [-0.4, -0.2) is 17.1 Å². The summed E-state index contributed by atoms with van der Waals surface area (Å²) in [5.74, 6) is 1.15. The van der Waals surface area contributed by atoms with Gasteiger partial charge in [0.15, 0.2) is 0 Å². The summed E-state index contributed by atoms with van der Waals surface area (Å²) < 4.78 is 5.52. The fourth-order valence-electron chi connectivity index (χ4n) is 1.50. The van der Waals surface area contributed by atoms with Crippen LogP contribution in [0.2, 0.25) is 0 Å². The molecule has 0 bridgehead atoms. The van der Waals surface area contributed by atoms with Crippen molar-refractivity contribution < 1.29 is 4.74 Å². The minimum absolute atomic E-state index is 0.172. The number of aromatic nitrogens is 1. The fourth-order valence-corrected chi connectivity index (χ4v) is 1.50. The molecular formula is C11H16N2O. The highest BCUT2D eigenvalue weighted by Gasteiger charge is 2.36. The monoisotopic (exact) mass is 192 g/mol. The van der Waals surface area contributed by atoms with Gasteiger partial charge in [-0.1, -0.05) is 6.07 Å². The number of hydrogen-bond donors (Lipinski definition) is 1. The quantitative estimate of drug-likeness (QED) is 0.792. The van der Waals surface area contributed by atoms with Crippen molar-refractivity contribution in [1.82, 2.24) is 4.98 Å². The predicted octanol–water partition coefficient (Wildman–Crippen LogP) is 1.68. The van der Waals surface area contributed by atoms with Crippen LogP contribution < -0.4 is 10.5 Å². The van der Waals surface area contributed by atoms with Crippen LogP contribution >= 0.6 is 0 Å². The molecule has 1 heterocycles. The van der Waals surface area contributed by atoms with Gasteiger partial charge < -0.3 is 10.5 Å². The van der Waals surface area contributed by atoms with Crippen LogP contribution in [0.3, 0.4) is 0 Å². The largest absolute Gasteiger partial charge is 0.475 e. The van der Waals surface area contributed by atoms with Crippen LogP contribution in [0.15, 0.2) is 18.2 Å². The van der Waals surface area contributed by atoms with E-state index >= 15 is 0 Å². The third-order valence-electron chi connectivity index (χ3n) is 2.32. The Hall–Kier alpha value is -1.09. The molecule has 0 spiro atoms. The molecule has 2 N–H and O–H groups in total. The van der Waals surface area contributed by atoms with E-state index in [9.17, 15) is 0 Å². The zero-order chi connectivity index (χ0) is 10.1. The first-order valence-electron chi connectivity index (χ1n) is 5.06. The van der Waals surface area contributed by atoms with Gasteiger partial charge >= 0.3 is 0 Å². The van der Waals surface area contributed by atoms with Gasteiger partial charge in [0.05, 0.1) is 6.10 Å². The Morgan fingerprint density at radius 2 is 2.21 bits per heavy atom. The molecule has 0 amide bonds. The van der Waals surface area contributed by atoms with Crippen molar-refractivity contribution in [3.05, 3.63) is 23.9 Å². The Morgan fingerprint density at radius 1 is 1.50 bits per heavy atom. The molecule has 0 saturated heterocycles. The molecule has 76 valence electrons. The molecule has 0 aromatic carbocycles. The maximum Gasteiger partial charge on any atom is 0.213 e. The predicted molar refractivity (Wildman–Crippen MR) is 55.3 cm³/mol. The summed E-state index contributed by atoms with van der Waals surface area (Å²) in [4.78, 5) is 4.42. The lowest BCUT2D eigenvalue weighted by atomic mass is 10.2. The molecule has 1 aromatic heterocycles. The van der Waals surface area contributed by atoms with E-state index in [2.05, 4.69) is 4.98 Å². The number of nitrogens with two attached hydrogens (primary N) is 1. The molecule has 1 aromatic rings. The van der Waals surface area contributed by atoms with Gasteiger partial charge in [0.25, 0.3) is 0 Å². The van der Waals surface area contributed by atoms with E-state index < -0.39 is 0 Å². The lowest BCUT2D eigenvalue weighted by Gasteiger charge is -2.09. The second-order valence-corrected chi connectivity index (χ2v) is 4.07. The SMILES string of the molecule is CC(C)Oc1cccc(C2CC2N)n1. The first-order chi connectivity index (χ1) is 6.66. The van der Waals surface area contributed by atoms with E-state index in [0.717, 1.165) is 12.1 Å². The second kappa shape index (κ2) is 3.58. The molecule has 2 atom stereocenters. The van der Waals surface area contributed by atoms with Gasteiger partial charge in [-0.25, -0.2) is 4.98 Å². The molecule has 0 aliphatic heterocycles. The number of ether oxygens (including phenoxy) is 1. The normalized spacial score (nSPS) is 25.1. The highest BCUT2D eigenvalue weighted by atomic mass is 16.5. The van der Waals surface area contributed by atoms with E-state index in [0.29, 0.717) is 17.8 Å². The molecule has 1 fully saturated rings. The molecule has 2 unspecified atom stereocenters. The maximum atomic E-state index is 5.77. The van der Waals surface area contributed by atoms with E-state index in [1.807, 2.05) is 32.0 Å². The van der Waals surface area contributed by atoms with Crippen LogP contribution in [0, 0.1) is 0 Å². The van der Waals surface area contributed by atoms with Gasteiger partial charge in [0.2, 0.25) is 5.88 Å². The molecule has 3 nitrogen and oxygen atoms in total. The van der Waals surface area contributed by atoms with Gasteiger partial charge in [-0.3, -0.25) is 0 Å². The summed E-state index contributed by atoms with van der Waals surface area (Å²) in [5.41, 5.74) is 6.83. The molecule has 1 aliphatic carbocycles. The van der Waals surface area contributed by atoms with E-state index in [-0.39, 0.29) is 6.10 Å². The van der Waals surface area contributed by atoms with E-state index in [1.54, 1.807) is 0 Å². The van der Waals surface area contributed by atoms with Crippen LogP contribution in [0.25, 0.3) is 0 Å². The van der Waals surface area contributed by atoms with Crippen molar-refractivity contribution in [2.24, 2.45) is 5.73 Å². The lowest BCUT2D eigenvalue weighted by Crippen LogP contribution is -2.08. The summed E-state index contributed by atoms with van der Waals surface area (Å²) in [5, 5.41) is 0. The zero-order valence-electron chi connectivity index (χ0n) is 8.60. The summed E-state index contributed by atoms with van der Waals surface area (Å²) in [6, 6.07) is 6.18. The Bertz CT molecular complexity index is 325. The average molecular weight is 192 g/mol. The smallest absolute Gasteiger partial charge is 0.213 e. The molecule has 3 heteroatoms. The number of pyridine rings is 1. The second-order valence-electron chi connectivity index (χ2n) is 4.07. The topological polar surface area (TPSA) is 48.1 Å². The van der Waals surface area contributed by atoms with Crippen LogP contribution in [-0.2, 0) is 0 Å². The Kier molecular flexibility index (Phi) is 2.42. The first-order valence-corrected chi connectivity index (χ1v) is 5.06. The zero-order valence-corrected chi connectivity index (χ0v) is 8.60. The number of rotatable bonds is 3. The summed E-state index contributed by atoms with van der Waals surface area (Å²) in [6.07, 6.45) is 1.23. The highest BCUT2D eigenvalue weighted by Crippen LogP contribution is 2.38. The molecular weight excluding hydrogens is 176 g/mol. The van der Waals surface area contributed by atoms with Gasteiger partial charge in [0.1, 0.15) is 0 Å². The van der Waals surface area contributed by atoms with Crippen molar-refractivity contribution in [2.75, 3.05) is 0 Å². The molecule has 0 radical (unpaired) electrons. The summed E-state index contributed by atoms with van der Waals surface area (Å²) in [6.45, 7) is 3.99. The summed E-state index contributed by atoms with van der Waals surface area (Å²) >= 11 is 0. The standard InChI is InChI=1S/C11H16N2O/c1-7(2)14-11-5-3-4-10(13-11)8-6-9(8)12/h3-5,7-9H,6,12H2,1-2H3. The van der Waals surface area contributed by atoms with Gasteiger partial charge in [-0.2, -0.15) is 0 Å². The minimum Gasteiger partial charge on any atom is -0.475 e. The van der Waals surface area contributed by atoms with Crippen LogP contribution in [0.5, 0.6) is 5.88 Å². The van der Waals surface area contributed by atoms with Crippen molar-refractivity contribution in [2.45, 2.75) is 38.3 Å². The van der Waals surface area contributed by atoms with E-state index in [4.69, 9.17) is 10.5 Å². The van der Waals surface area contributed by atoms with E-state index in [1.165, 1.54) is 0 Å². The van der Waals surface area contributed by atoms with Crippen LogP contribution in [0.1, 0.15) is 31.9 Å². The van der Waals surface area contributed by atoms with Gasteiger partial charge in [0, 0.05) is 23.7 Å². The number of hydrogen-bond acceptors (Lipinski definition) is 3. The lowest BCUT2D eigenvalue weighted by molar-refractivity contribution is 0.232. The fraction of sp³-hybridized carbons (Fsp3) is 0.545. The third-order valence-corrected chi connectivity index (χ3v) is 2.32. The van der Waals surface area contributed by atoms with Crippen LogP contribution in [0.4, 0.5) is 0 Å². The van der Waals surface area contributed by atoms with Crippen molar-refractivity contribution >= 4 is 0 Å². The van der Waals surface area contributed by atoms with Crippen molar-refractivity contribution in [3.8, 4) is 5.88 Å². The molecule has 1 aliphatic rings. The summed E-state index contributed by atoms with van der Waals surface area (Å²) in [7, 11) is 0. The average Bonchev–Trinajstić information content (AvgIpc) is 2.82. The Balaban J connectivity index is 2.11. The van der Waals surface area contributed by atoms with Gasteiger partial charge in [-0.15, -0.1) is 0 Å². The highest BCUT2D eigenvalue weighted by molar-refractivity contribution is 5.24. The Labute approximate surface area is 84.3 Å². The minimum atomic E-state index is 0.172. The maximum absolute atomic E-state index is 5.77. The first kappa shape index (κ1) is 9.46. The van der Waals surface area contributed by atoms with Crippen molar-refractivity contribution in [1.29, 1.82) is 0 Å². The number of nitrogens with zero attached hydrogens (tertiary/aromatic N) is 1. The third kappa shape index (κ3) is 2.04. The molecule has 2 rings (SSSR count). The Morgan fingerprint density at radius 3 is 2.79 bits per heavy atom. The van der Waals surface area contributed by atoms with Crippen molar-refractivity contribution in [3.63, 3.8) is 0 Å². The molecule has 1 saturated carbocycles. The van der Waals surface area contributed by atoms with Gasteiger partial charge in [-0.05, 0) is 26.3 Å².